The Morgan fingerprint density at radius 3 is 2.73 bits per heavy atom. The van der Waals surface area contributed by atoms with Gasteiger partial charge in [-0.25, -0.2) is 0 Å². The average molecular weight is 355 g/mol. The Morgan fingerprint density at radius 2 is 2.00 bits per heavy atom. The van der Waals surface area contributed by atoms with Gasteiger partial charge in [0.2, 0.25) is 0 Å². The second-order valence-corrected chi connectivity index (χ2v) is 10.3. The van der Waals surface area contributed by atoms with E-state index in [1.807, 2.05) is 0 Å². The second-order valence-electron chi connectivity index (χ2n) is 10.3. The third-order valence-corrected chi connectivity index (χ3v) is 8.94. The molecular formula is C25H38O. The minimum Gasteiger partial charge on any atom is -0.495 e. The fourth-order valence-electron chi connectivity index (χ4n) is 7.79. The molecule has 0 aromatic heterocycles. The molecule has 0 saturated heterocycles. The maximum absolute atomic E-state index is 6.39. The summed E-state index contributed by atoms with van der Waals surface area (Å²) in [5.41, 5.74) is 3.83. The van der Waals surface area contributed by atoms with Crippen LogP contribution < -0.4 is 0 Å². The van der Waals surface area contributed by atoms with Crippen LogP contribution in [0.5, 0.6) is 0 Å². The molecule has 0 aromatic rings. The van der Waals surface area contributed by atoms with E-state index >= 15 is 0 Å². The van der Waals surface area contributed by atoms with Gasteiger partial charge < -0.3 is 4.74 Å². The first kappa shape index (κ1) is 18.4. The van der Waals surface area contributed by atoms with Gasteiger partial charge >= 0.3 is 0 Å². The molecule has 4 aliphatic carbocycles. The lowest BCUT2D eigenvalue weighted by atomic mass is 9.44. The van der Waals surface area contributed by atoms with Crippen LogP contribution in [0.15, 0.2) is 36.1 Å². The topological polar surface area (TPSA) is 9.23 Å². The molecule has 26 heavy (non-hydrogen) atoms. The summed E-state index contributed by atoms with van der Waals surface area (Å²) in [7, 11) is 0. The van der Waals surface area contributed by atoms with E-state index in [2.05, 4.69) is 46.9 Å². The highest BCUT2D eigenvalue weighted by atomic mass is 16.5. The number of ether oxygens (including phenoxy) is 1. The van der Waals surface area contributed by atoms with Crippen LogP contribution in [0.1, 0.15) is 79.1 Å². The van der Waals surface area contributed by atoms with E-state index < -0.39 is 0 Å². The molecule has 3 saturated carbocycles. The molecule has 0 radical (unpaired) electrons. The molecule has 0 heterocycles. The van der Waals surface area contributed by atoms with Crippen LogP contribution in [0, 0.1) is 34.5 Å². The molecule has 0 amide bonds. The Bertz CT molecular complexity index is 643. The summed E-state index contributed by atoms with van der Waals surface area (Å²) >= 11 is 0. The van der Waals surface area contributed by atoms with E-state index in [0.29, 0.717) is 16.9 Å². The van der Waals surface area contributed by atoms with Crippen molar-refractivity contribution in [2.24, 2.45) is 34.5 Å². The van der Waals surface area contributed by atoms with Crippen LogP contribution in [-0.2, 0) is 4.74 Å². The molecular weight excluding hydrogens is 316 g/mol. The summed E-state index contributed by atoms with van der Waals surface area (Å²) < 4.78 is 6.39. The number of hydrogen-bond acceptors (Lipinski definition) is 1. The van der Waals surface area contributed by atoms with Crippen LogP contribution in [0.4, 0.5) is 0 Å². The number of fused-ring (bicyclic) bond motifs is 5. The van der Waals surface area contributed by atoms with Crippen molar-refractivity contribution in [1.29, 1.82) is 0 Å². The highest BCUT2D eigenvalue weighted by Crippen LogP contribution is 2.67. The van der Waals surface area contributed by atoms with Gasteiger partial charge in [0, 0.05) is 11.8 Å². The van der Waals surface area contributed by atoms with E-state index in [1.165, 1.54) is 50.5 Å². The van der Waals surface area contributed by atoms with E-state index in [1.54, 1.807) is 5.57 Å². The quantitative estimate of drug-likeness (QED) is 0.493. The zero-order valence-corrected chi connectivity index (χ0v) is 17.4. The van der Waals surface area contributed by atoms with Gasteiger partial charge in [0.1, 0.15) is 6.10 Å². The van der Waals surface area contributed by atoms with Crippen molar-refractivity contribution < 1.29 is 4.74 Å². The van der Waals surface area contributed by atoms with Gasteiger partial charge in [0.05, 0.1) is 5.76 Å². The minimum atomic E-state index is 0.342. The van der Waals surface area contributed by atoms with Gasteiger partial charge in [-0.1, -0.05) is 58.1 Å². The van der Waals surface area contributed by atoms with Crippen LogP contribution in [0.3, 0.4) is 0 Å². The second kappa shape index (κ2) is 6.28. The number of hydrogen-bond donors (Lipinski definition) is 0. The van der Waals surface area contributed by atoms with Crippen molar-refractivity contribution in [3.05, 3.63) is 36.1 Å². The SMILES string of the molecule is C=C1C=C2CCC3C(C(C)C[C@@]4(C)C3CC[C@@H]4OC(=C)CC)[C@@]2(C)CC1. The molecule has 144 valence electrons. The third-order valence-electron chi connectivity index (χ3n) is 8.94. The van der Waals surface area contributed by atoms with Crippen molar-refractivity contribution in [3.63, 3.8) is 0 Å². The predicted molar refractivity (Wildman–Crippen MR) is 110 cm³/mol. The van der Waals surface area contributed by atoms with Crippen LogP contribution in [0.2, 0.25) is 0 Å². The third kappa shape index (κ3) is 2.56. The van der Waals surface area contributed by atoms with E-state index in [-0.39, 0.29) is 0 Å². The molecule has 1 heteroatoms. The maximum Gasteiger partial charge on any atom is 0.104 e. The molecule has 0 aromatic carbocycles. The highest BCUT2D eigenvalue weighted by Gasteiger charge is 2.61. The van der Waals surface area contributed by atoms with Gasteiger partial charge in [0.15, 0.2) is 0 Å². The molecule has 4 unspecified atom stereocenters. The fourth-order valence-corrected chi connectivity index (χ4v) is 7.79. The Labute approximate surface area is 161 Å². The molecule has 1 nitrogen and oxygen atoms in total. The van der Waals surface area contributed by atoms with Gasteiger partial charge in [-0.3, -0.25) is 0 Å². The summed E-state index contributed by atoms with van der Waals surface area (Å²) in [6.45, 7) is 18.2. The Hall–Kier alpha value is -0.980. The van der Waals surface area contributed by atoms with Gasteiger partial charge in [-0.2, -0.15) is 0 Å². The average Bonchev–Trinajstić information content (AvgIpc) is 2.91. The van der Waals surface area contributed by atoms with E-state index in [9.17, 15) is 0 Å². The highest BCUT2D eigenvalue weighted by molar-refractivity contribution is 5.33. The Kier molecular flexibility index (Phi) is 4.44. The van der Waals surface area contributed by atoms with Crippen molar-refractivity contribution >= 4 is 0 Å². The van der Waals surface area contributed by atoms with Crippen LogP contribution in [-0.4, -0.2) is 6.10 Å². The summed E-state index contributed by atoms with van der Waals surface area (Å²) in [6.07, 6.45) is 12.9. The number of rotatable bonds is 3. The zero-order valence-electron chi connectivity index (χ0n) is 17.4. The maximum atomic E-state index is 6.39. The van der Waals surface area contributed by atoms with E-state index in [0.717, 1.165) is 35.9 Å². The van der Waals surface area contributed by atoms with Crippen molar-refractivity contribution in [3.8, 4) is 0 Å². The predicted octanol–water partition coefficient (Wildman–Crippen LogP) is 7.06. The number of allylic oxidation sites excluding steroid dienone is 4. The zero-order chi connectivity index (χ0) is 18.7. The normalized spacial score (nSPS) is 47.5. The minimum absolute atomic E-state index is 0.342. The standard InChI is InChI=1S/C25H38O/c1-7-18(4)26-22-11-10-21-20-9-8-19-14-16(2)12-13-24(19,5)23(20)17(3)15-25(21,22)6/h14,17,20-23H,2,4,7-13,15H2,1,3,5-6H3/t17?,20?,21?,22-,23?,24-,25-/m0/s1. The Balaban J connectivity index is 1.64. The first-order chi connectivity index (χ1) is 12.3. The van der Waals surface area contributed by atoms with Gasteiger partial charge in [-0.05, 0) is 74.0 Å². The summed E-state index contributed by atoms with van der Waals surface area (Å²) in [5, 5.41) is 0. The lowest BCUT2D eigenvalue weighted by molar-refractivity contribution is -0.108. The van der Waals surface area contributed by atoms with Gasteiger partial charge in [0.25, 0.3) is 0 Å². The lowest BCUT2D eigenvalue weighted by Gasteiger charge is -2.60. The summed E-state index contributed by atoms with van der Waals surface area (Å²) in [5.74, 6) is 4.32. The largest absolute Gasteiger partial charge is 0.495 e. The fraction of sp³-hybridized carbons (Fsp3) is 0.760. The van der Waals surface area contributed by atoms with Crippen molar-refractivity contribution in [2.45, 2.75) is 85.2 Å². The molecule has 0 bridgehead atoms. The van der Waals surface area contributed by atoms with Crippen LogP contribution >= 0.6 is 0 Å². The monoisotopic (exact) mass is 354 g/mol. The first-order valence-electron chi connectivity index (χ1n) is 11.0. The molecule has 4 aliphatic rings. The molecule has 0 N–H and O–H groups in total. The van der Waals surface area contributed by atoms with Crippen LogP contribution in [0.25, 0.3) is 0 Å². The molecule has 0 spiro atoms. The van der Waals surface area contributed by atoms with E-state index in [4.69, 9.17) is 4.74 Å². The first-order valence-corrected chi connectivity index (χ1v) is 11.0. The molecule has 3 fully saturated rings. The molecule has 4 rings (SSSR count). The Morgan fingerprint density at radius 1 is 1.23 bits per heavy atom. The molecule has 7 atom stereocenters. The summed E-state index contributed by atoms with van der Waals surface area (Å²) in [4.78, 5) is 0. The smallest absolute Gasteiger partial charge is 0.104 e. The van der Waals surface area contributed by atoms with Gasteiger partial charge in [-0.15, -0.1) is 0 Å². The van der Waals surface area contributed by atoms with Crippen molar-refractivity contribution in [1.82, 2.24) is 0 Å². The lowest BCUT2D eigenvalue weighted by Crippen LogP contribution is -2.54. The van der Waals surface area contributed by atoms with Crippen molar-refractivity contribution in [2.75, 3.05) is 0 Å². The molecule has 0 aliphatic heterocycles. The summed E-state index contributed by atoms with van der Waals surface area (Å²) in [6, 6.07) is 0.